The number of sulfone groups is 1. The number of rotatable bonds is 3. The van der Waals surface area contributed by atoms with Crippen LogP contribution in [-0.2, 0) is 15.6 Å². The van der Waals surface area contributed by atoms with E-state index in [1.54, 1.807) is 6.07 Å². The quantitative estimate of drug-likeness (QED) is 0.811. The van der Waals surface area contributed by atoms with Crippen LogP contribution >= 0.6 is 11.6 Å². The van der Waals surface area contributed by atoms with Crippen molar-refractivity contribution >= 4 is 21.4 Å². The van der Waals surface area contributed by atoms with Crippen molar-refractivity contribution in [3.8, 4) is 6.07 Å². The molecule has 0 aliphatic rings. The first-order valence-corrected chi connectivity index (χ1v) is 7.73. The maximum absolute atomic E-state index is 13.2. The Morgan fingerprint density at radius 1 is 1.10 bits per heavy atom. The van der Waals surface area contributed by atoms with Crippen LogP contribution in [0.25, 0.3) is 0 Å². The predicted molar refractivity (Wildman–Crippen MR) is 73.4 cm³/mol. The Morgan fingerprint density at radius 3 is 2.38 bits per heavy atom. The van der Waals surface area contributed by atoms with Crippen molar-refractivity contribution in [2.24, 2.45) is 0 Å². The third-order valence-electron chi connectivity index (χ3n) is 2.76. The predicted octanol–water partition coefficient (Wildman–Crippen LogP) is 3.46. The average Bonchev–Trinajstić information content (AvgIpc) is 2.43. The van der Waals surface area contributed by atoms with Gasteiger partial charge >= 0.3 is 0 Å². The molecule has 2 aromatic rings. The molecular formula is C14H8ClF2NO2S. The Kier molecular flexibility index (Phi) is 4.26. The van der Waals surface area contributed by atoms with Crippen LogP contribution in [0.4, 0.5) is 8.78 Å². The highest BCUT2D eigenvalue weighted by molar-refractivity contribution is 7.90. The number of nitrogens with zero attached hydrogens (tertiary/aromatic N) is 1. The van der Waals surface area contributed by atoms with Crippen molar-refractivity contribution in [1.29, 1.82) is 5.26 Å². The van der Waals surface area contributed by atoms with E-state index < -0.39 is 27.2 Å². The van der Waals surface area contributed by atoms with Gasteiger partial charge in [0.25, 0.3) is 0 Å². The molecule has 0 aromatic heterocycles. The van der Waals surface area contributed by atoms with Gasteiger partial charge in [0.05, 0.1) is 21.2 Å². The van der Waals surface area contributed by atoms with Crippen LogP contribution in [0.5, 0.6) is 0 Å². The molecule has 0 aliphatic heterocycles. The first kappa shape index (κ1) is 15.4. The molecule has 0 aliphatic carbocycles. The molecule has 0 saturated carbocycles. The third kappa shape index (κ3) is 3.38. The highest BCUT2D eigenvalue weighted by Crippen LogP contribution is 2.23. The van der Waals surface area contributed by atoms with Crippen LogP contribution in [0.3, 0.4) is 0 Å². The monoisotopic (exact) mass is 327 g/mol. The lowest BCUT2D eigenvalue weighted by atomic mass is 10.1. The minimum atomic E-state index is -3.77. The standard InChI is InChI=1S/C14H8ClF2NO2S/c15-12-6-11(2-4-14(12)17)21(19,20)8-9-1-3-13(16)10(5-9)7-18/h1-6H,8H2. The number of nitriles is 1. The Bertz CT molecular complexity index is 845. The van der Waals surface area contributed by atoms with Gasteiger partial charge in [-0.3, -0.25) is 0 Å². The second kappa shape index (κ2) is 5.80. The fraction of sp³-hybridized carbons (Fsp3) is 0.0714. The zero-order valence-electron chi connectivity index (χ0n) is 10.5. The molecule has 3 nitrogen and oxygen atoms in total. The molecule has 0 fully saturated rings. The summed E-state index contributed by atoms with van der Waals surface area (Å²) in [5.74, 6) is -1.88. The SMILES string of the molecule is N#Cc1cc(CS(=O)(=O)c2ccc(F)c(Cl)c2)ccc1F. The highest BCUT2D eigenvalue weighted by atomic mass is 35.5. The van der Waals surface area contributed by atoms with Crippen LogP contribution in [0.15, 0.2) is 41.3 Å². The lowest BCUT2D eigenvalue weighted by Gasteiger charge is -2.06. The lowest BCUT2D eigenvalue weighted by molar-refractivity contribution is 0.593. The van der Waals surface area contributed by atoms with Gasteiger partial charge in [0.1, 0.15) is 17.7 Å². The molecule has 7 heteroatoms. The van der Waals surface area contributed by atoms with Gasteiger partial charge in [-0.1, -0.05) is 17.7 Å². The topological polar surface area (TPSA) is 57.9 Å². The summed E-state index contributed by atoms with van der Waals surface area (Å²) in [6.45, 7) is 0. The molecule has 21 heavy (non-hydrogen) atoms. The molecule has 0 amide bonds. The van der Waals surface area contributed by atoms with Gasteiger partial charge in [-0.25, -0.2) is 17.2 Å². The van der Waals surface area contributed by atoms with Crippen molar-refractivity contribution < 1.29 is 17.2 Å². The molecule has 2 aromatic carbocycles. The summed E-state index contributed by atoms with van der Waals surface area (Å²) in [6, 6.07) is 8.18. The van der Waals surface area contributed by atoms with Crippen LogP contribution in [0.1, 0.15) is 11.1 Å². The van der Waals surface area contributed by atoms with Crippen LogP contribution in [-0.4, -0.2) is 8.42 Å². The van der Waals surface area contributed by atoms with Gasteiger partial charge in [-0.05, 0) is 35.9 Å². The molecule has 0 heterocycles. The molecule has 0 unspecified atom stereocenters. The van der Waals surface area contributed by atoms with Crippen molar-refractivity contribution in [2.75, 3.05) is 0 Å². The highest BCUT2D eigenvalue weighted by Gasteiger charge is 2.18. The molecule has 0 saturated heterocycles. The van der Waals surface area contributed by atoms with E-state index >= 15 is 0 Å². The Balaban J connectivity index is 2.37. The summed E-state index contributed by atoms with van der Waals surface area (Å²) >= 11 is 5.56. The second-order valence-corrected chi connectivity index (χ2v) is 6.66. The largest absolute Gasteiger partial charge is 0.223 e. The van der Waals surface area contributed by atoms with Gasteiger partial charge in [0.15, 0.2) is 9.84 Å². The zero-order chi connectivity index (χ0) is 15.6. The molecule has 0 spiro atoms. The van der Waals surface area contributed by atoms with Crippen molar-refractivity contribution in [2.45, 2.75) is 10.6 Å². The summed E-state index contributed by atoms with van der Waals surface area (Å²) in [5, 5.41) is 8.43. The average molecular weight is 328 g/mol. The van der Waals surface area contributed by atoms with E-state index in [0.29, 0.717) is 0 Å². The summed E-state index contributed by atoms with van der Waals surface area (Å²) in [4.78, 5) is -0.142. The van der Waals surface area contributed by atoms with E-state index in [9.17, 15) is 17.2 Å². The van der Waals surface area contributed by atoms with Gasteiger partial charge in [0, 0.05) is 0 Å². The molecule has 0 radical (unpaired) electrons. The Hall–Kier alpha value is -1.97. The molecule has 2 rings (SSSR count). The van der Waals surface area contributed by atoms with Crippen LogP contribution in [0, 0.1) is 23.0 Å². The van der Waals surface area contributed by atoms with E-state index in [-0.39, 0.29) is 21.0 Å². The number of hydrogen-bond donors (Lipinski definition) is 0. The minimum absolute atomic E-state index is 0.142. The molecule has 108 valence electrons. The molecule has 0 N–H and O–H groups in total. The fourth-order valence-electron chi connectivity index (χ4n) is 1.72. The summed E-state index contributed by atoms with van der Waals surface area (Å²) in [6.07, 6.45) is 0. The number of benzene rings is 2. The summed E-state index contributed by atoms with van der Waals surface area (Å²) in [5.41, 5.74) is 0.0215. The van der Waals surface area contributed by atoms with E-state index in [4.69, 9.17) is 16.9 Å². The number of hydrogen-bond acceptors (Lipinski definition) is 3. The van der Waals surface area contributed by atoms with Gasteiger partial charge in [0.2, 0.25) is 0 Å². The first-order valence-electron chi connectivity index (χ1n) is 5.70. The summed E-state index contributed by atoms with van der Waals surface area (Å²) < 4.78 is 50.6. The molecule has 0 atom stereocenters. The maximum Gasteiger partial charge on any atom is 0.182 e. The number of halogens is 3. The third-order valence-corrected chi connectivity index (χ3v) is 4.73. The first-order chi connectivity index (χ1) is 9.83. The maximum atomic E-state index is 13.2. The van der Waals surface area contributed by atoms with Crippen molar-refractivity contribution in [1.82, 2.24) is 0 Å². The van der Waals surface area contributed by atoms with Crippen LogP contribution in [0.2, 0.25) is 5.02 Å². The van der Waals surface area contributed by atoms with E-state index in [1.807, 2.05) is 0 Å². The Labute approximate surface area is 125 Å². The summed E-state index contributed by atoms with van der Waals surface area (Å²) in [7, 11) is -3.77. The Morgan fingerprint density at radius 2 is 1.76 bits per heavy atom. The lowest BCUT2D eigenvalue weighted by Crippen LogP contribution is -2.06. The smallest absolute Gasteiger partial charge is 0.182 e. The fourth-order valence-corrected chi connectivity index (χ4v) is 3.32. The van der Waals surface area contributed by atoms with E-state index in [2.05, 4.69) is 0 Å². The molecule has 0 bridgehead atoms. The van der Waals surface area contributed by atoms with Crippen LogP contribution < -0.4 is 0 Å². The van der Waals surface area contributed by atoms with Gasteiger partial charge < -0.3 is 0 Å². The zero-order valence-corrected chi connectivity index (χ0v) is 12.0. The van der Waals surface area contributed by atoms with E-state index in [0.717, 1.165) is 30.3 Å². The molecular weight excluding hydrogens is 320 g/mol. The van der Waals surface area contributed by atoms with Crippen molar-refractivity contribution in [3.63, 3.8) is 0 Å². The van der Waals surface area contributed by atoms with Gasteiger partial charge in [-0.2, -0.15) is 5.26 Å². The van der Waals surface area contributed by atoms with E-state index in [1.165, 1.54) is 6.07 Å². The normalized spacial score (nSPS) is 11.1. The minimum Gasteiger partial charge on any atom is -0.223 e. The van der Waals surface area contributed by atoms with Gasteiger partial charge in [-0.15, -0.1) is 0 Å². The van der Waals surface area contributed by atoms with Crippen molar-refractivity contribution in [3.05, 3.63) is 64.2 Å². The second-order valence-electron chi connectivity index (χ2n) is 4.26.